The topological polar surface area (TPSA) is 93.9 Å². The summed E-state index contributed by atoms with van der Waals surface area (Å²) in [4.78, 5) is 25.2. The normalized spacial score (nSPS) is 25.8. The van der Waals surface area contributed by atoms with Crippen molar-refractivity contribution in [3.63, 3.8) is 0 Å². The van der Waals surface area contributed by atoms with E-state index in [4.69, 9.17) is 32.7 Å². The number of rotatable bonds is 8. The number of Topliss-reactive ketones (excluding diaryl/α,β-unsaturated/α-hetero) is 1. The highest BCUT2D eigenvalue weighted by Crippen LogP contribution is 2.47. The van der Waals surface area contributed by atoms with Crippen LogP contribution in [-0.4, -0.2) is 66.5 Å². The summed E-state index contributed by atoms with van der Waals surface area (Å²) in [5, 5.41) is 14.8. The van der Waals surface area contributed by atoms with Gasteiger partial charge in [-0.2, -0.15) is 0 Å². The van der Waals surface area contributed by atoms with Crippen LogP contribution >= 0.6 is 23.2 Å². The summed E-state index contributed by atoms with van der Waals surface area (Å²) >= 11 is 11.6. The number of ether oxygens (including phenoxy) is 2. The third kappa shape index (κ3) is 3.08. The molecule has 1 aliphatic carbocycles. The van der Waals surface area contributed by atoms with Crippen LogP contribution in [0.2, 0.25) is 0 Å². The van der Waals surface area contributed by atoms with Crippen LogP contribution < -0.4 is 5.32 Å². The van der Waals surface area contributed by atoms with Crippen LogP contribution in [0.5, 0.6) is 0 Å². The Morgan fingerprint density at radius 2 is 2.00 bits per heavy atom. The monoisotopic (exact) mass is 381 g/mol. The molecule has 8 nitrogen and oxygen atoms in total. The first-order valence-corrected chi connectivity index (χ1v) is 8.66. The molecule has 2 aliphatic rings. The number of methoxy groups -OCH3 is 2. The molecule has 0 aromatic heterocycles. The van der Waals surface area contributed by atoms with Crippen molar-refractivity contribution in [2.75, 3.05) is 39.1 Å². The number of nitrogens with zero attached hydrogens (tertiary/aromatic N) is 2. The summed E-state index contributed by atoms with van der Waals surface area (Å²) in [6.45, 7) is 0.663. The molecule has 0 amide bonds. The molecule has 1 N–H and O–H groups in total. The Morgan fingerprint density at radius 3 is 2.50 bits per heavy atom. The molecule has 1 heterocycles. The van der Waals surface area contributed by atoms with Crippen molar-refractivity contribution in [2.24, 2.45) is 5.92 Å². The van der Waals surface area contributed by atoms with Crippen molar-refractivity contribution in [1.29, 1.82) is 0 Å². The number of fused-ring (bicyclic) bond motifs is 2. The minimum atomic E-state index is -1.27. The van der Waals surface area contributed by atoms with E-state index in [-0.39, 0.29) is 36.1 Å². The molecule has 2 unspecified atom stereocenters. The fourth-order valence-corrected chi connectivity index (χ4v) is 3.97. The highest BCUT2D eigenvalue weighted by molar-refractivity contribution is 6.18. The predicted octanol–water partition coefficient (Wildman–Crippen LogP) is 1.15. The van der Waals surface area contributed by atoms with E-state index in [1.54, 1.807) is 4.90 Å². The van der Waals surface area contributed by atoms with Gasteiger partial charge in [0, 0.05) is 51.9 Å². The Labute approximate surface area is 150 Å². The van der Waals surface area contributed by atoms with Crippen LogP contribution in [0.4, 0.5) is 0 Å². The number of carbonyl (C=O) groups excluding carboxylic acids is 1. The molecule has 1 fully saturated rings. The molecule has 0 aromatic rings. The molecule has 1 saturated carbocycles. The smallest absolute Gasteiger partial charge is 0.294 e. The van der Waals surface area contributed by atoms with Gasteiger partial charge in [-0.15, -0.1) is 23.2 Å². The van der Waals surface area contributed by atoms with Gasteiger partial charge < -0.3 is 19.7 Å². The molecular formula is C14H21Cl2N3O5. The minimum Gasteiger partial charge on any atom is -0.365 e. The minimum absolute atomic E-state index is 0.00470. The van der Waals surface area contributed by atoms with Gasteiger partial charge in [-0.3, -0.25) is 14.9 Å². The quantitative estimate of drug-likeness (QED) is 0.291. The van der Waals surface area contributed by atoms with Gasteiger partial charge in [0.05, 0.1) is 11.0 Å². The largest absolute Gasteiger partial charge is 0.365 e. The van der Waals surface area contributed by atoms with Crippen molar-refractivity contribution in [2.45, 2.75) is 24.7 Å². The average Bonchev–Trinajstić information content (AvgIpc) is 2.55. The fraction of sp³-hybridized carbons (Fsp3) is 0.786. The van der Waals surface area contributed by atoms with Gasteiger partial charge in [0.2, 0.25) is 5.79 Å². The zero-order chi connectivity index (χ0) is 17.9. The Hall–Kier alpha value is -1.09. The van der Waals surface area contributed by atoms with E-state index >= 15 is 0 Å². The van der Waals surface area contributed by atoms with Crippen molar-refractivity contribution in [3.05, 3.63) is 21.6 Å². The maximum atomic E-state index is 12.2. The number of hydrogen-bond donors (Lipinski definition) is 1. The first kappa shape index (κ1) is 19.2. The molecule has 0 saturated heterocycles. The van der Waals surface area contributed by atoms with Crippen LogP contribution in [0.25, 0.3) is 0 Å². The number of alkyl halides is 2. The van der Waals surface area contributed by atoms with Gasteiger partial charge in [-0.25, -0.2) is 0 Å². The summed E-state index contributed by atoms with van der Waals surface area (Å²) in [5.74, 6) is -1.28. The molecular weight excluding hydrogens is 361 g/mol. The number of carbonyl (C=O) groups is 1. The first-order valence-electron chi connectivity index (χ1n) is 7.59. The lowest BCUT2D eigenvalue weighted by Gasteiger charge is -2.53. The second kappa shape index (κ2) is 7.86. The van der Waals surface area contributed by atoms with Crippen molar-refractivity contribution >= 4 is 29.0 Å². The predicted molar refractivity (Wildman–Crippen MR) is 88.4 cm³/mol. The second-order valence-electron chi connectivity index (χ2n) is 5.63. The van der Waals surface area contributed by atoms with Crippen molar-refractivity contribution in [3.8, 4) is 0 Å². The third-order valence-electron chi connectivity index (χ3n) is 4.59. The van der Waals surface area contributed by atoms with Gasteiger partial charge in [-0.1, -0.05) is 0 Å². The molecule has 0 spiro atoms. The molecule has 1 aliphatic heterocycles. The summed E-state index contributed by atoms with van der Waals surface area (Å²) in [6, 6.07) is -0.501. The van der Waals surface area contributed by atoms with E-state index in [0.717, 1.165) is 0 Å². The van der Waals surface area contributed by atoms with Crippen LogP contribution in [0.1, 0.15) is 12.8 Å². The van der Waals surface area contributed by atoms with Gasteiger partial charge in [-0.05, 0) is 0 Å². The van der Waals surface area contributed by atoms with Crippen LogP contribution in [0.3, 0.4) is 0 Å². The number of ketones is 1. The lowest BCUT2D eigenvalue weighted by atomic mass is 9.73. The average molecular weight is 382 g/mol. The fourth-order valence-electron chi connectivity index (χ4n) is 3.70. The highest BCUT2D eigenvalue weighted by atomic mass is 35.5. The van der Waals surface area contributed by atoms with Crippen LogP contribution in [-0.2, 0) is 14.3 Å². The van der Waals surface area contributed by atoms with Gasteiger partial charge in [0.25, 0.3) is 5.70 Å². The van der Waals surface area contributed by atoms with Gasteiger partial charge in [0.1, 0.15) is 11.7 Å². The summed E-state index contributed by atoms with van der Waals surface area (Å²) in [7, 11) is 2.87. The van der Waals surface area contributed by atoms with Crippen molar-refractivity contribution < 1.29 is 19.2 Å². The summed E-state index contributed by atoms with van der Waals surface area (Å²) in [5.41, 5.74) is -0.127. The lowest BCUT2D eigenvalue weighted by Crippen LogP contribution is -2.68. The zero-order valence-electron chi connectivity index (χ0n) is 13.6. The molecule has 136 valence electrons. The number of nitrogens with one attached hydrogen (secondary N) is 1. The first-order chi connectivity index (χ1) is 11.5. The maximum absolute atomic E-state index is 12.2. The van der Waals surface area contributed by atoms with E-state index in [0.29, 0.717) is 18.9 Å². The Kier molecular flexibility index (Phi) is 6.30. The van der Waals surface area contributed by atoms with Crippen LogP contribution in [0.15, 0.2) is 11.5 Å². The van der Waals surface area contributed by atoms with Gasteiger partial charge >= 0.3 is 0 Å². The molecule has 24 heavy (non-hydrogen) atoms. The SMILES string of the molecule is COC1(OC)C2CC(=O)CC1N(CCCl)C(NCCCl)=C2[N+](=O)[O-]. The number of halogens is 2. The maximum Gasteiger partial charge on any atom is 0.294 e. The summed E-state index contributed by atoms with van der Waals surface area (Å²) in [6.07, 6.45) is 0.168. The highest BCUT2D eigenvalue weighted by Gasteiger charge is 2.63. The summed E-state index contributed by atoms with van der Waals surface area (Å²) < 4.78 is 11.2. The molecule has 0 aromatic carbocycles. The zero-order valence-corrected chi connectivity index (χ0v) is 15.1. The van der Waals surface area contributed by atoms with Gasteiger partial charge in [0.15, 0.2) is 5.82 Å². The molecule has 2 atom stereocenters. The standard InChI is InChI=1S/C14H21Cl2N3O5/c1-23-14(24-2)10-7-9(20)8-11(14)18(6-4-16)13(17-5-3-15)12(10)19(21)22/h10-11,17H,3-8H2,1-2H3. The molecule has 2 bridgehead atoms. The molecule has 2 rings (SSSR count). The number of hydrogen-bond acceptors (Lipinski definition) is 7. The van der Waals surface area contributed by atoms with E-state index in [9.17, 15) is 14.9 Å². The van der Waals surface area contributed by atoms with E-state index in [2.05, 4.69) is 5.32 Å². The van der Waals surface area contributed by atoms with Crippen molar-refractivity contribution in [1.82, 2.24) is 10.2 Å². The van der Waals surface area contributed by atoms with E-state index < -0.39 is 22.7 Å². The Morgan fingerprint density at radius 1 is 1.33 bits per heavy atom. The molecule has 0 radical (unpaired) electrons. The Balaban J connectivity index is 2.65. The third-order valence-corrected chi connectivity index (χ3v) is 4.94. The Bertz CT molecular complexity index is 539. The van der Waals surface area contributed by atoms with E-state index in [1.807, 2.05) is 0 Å². The number of nitro groups is 1. The van der Waals surface area contributed by atoms with E-state index in [1.165, 1.54) is 14.2 Å². The van der Waals surface area contributed by atoms with Crippen LogP contribution in [0, 0.1) is 16.0 Å². The lowest BCUT2D eigenvalue weighted by molar-refractivity contribution is -0.454. The second-order valence-corrected chi connectivity index (χ2v) is 6.39. The molecule has 10 heteroatoms.